The van der Waals surface area contributed by atoms with Crippen molar-refractivity contribution in [3.05, 3.63) is 0 Å². The molecule has 0 spiro atoms. The highest BCUT2D eigenvalue weighted by Gasteiger charge is 2.34. The van der Waals surface area contributed by atoms with Gasteiger partial charge in [0.05, 0.1) is 31.7 Å². The number of carbonyl (C=O) groups is 8. The normalized spacial score (nSPS) is 15.5. The quantitative estimate of drug-likeness (QED) is 0.0499. The smallest absolute Gasteiger partial charge is 0.327 e. The Balaban J connectivity index is 5.74. The van der Waals surface area contributed by atoms with Crippen molar-refractivity contribution in [1.29, 1.82) is 0 Å². The van der Waals surface area contributed by atoms with E-state index in [4.69, 9.17) is 16.6 Å². The summed E-state index contributed by atoms with van der Waals surface area (Å²) in [5.41, 5.74) is 10.7. The molecule has 21 heteroatoms. The summed E-state index contributed by atoms with van der Waals surface area (Å²) in [6.07, 6.45) is -2.24. The monoisotopic (exact) mass is 696 g/mol. The summed E-state index contributed by atoms with van der Waals surface area (Å²) in [6, 6.07) is -8.79. The number of thiol groups is 2. The molecule has 7 amide bonds. The number of hydrogen-bond acceptors (Lipinski definition) is 13. The molecule has 13 N–H and O–H groups in total. The van der Waals surface area contributed by atoms with Gasteiger partial charge in [-0.15, -0.1) is 0 Å². The van der Waals surface area contributed by atoms with E-state index in [1.165, 1.54) is 0 Å². The van der Waals surface area contributed by atoms with Gasteiger partial charge in [0.15, 0.2) is 0 Å². The van der Waals surface area contributed by atoms with Crippen LogP contribution < -0.4 is 43.4 Å². The Labute approximate surface area is 275 Å². The minimum Gasteiger partial charge on any atom is -0.480 e. The zero-order valence-electron chi connectivity index (χ0n) is 25.5. The molecule has 0 aliphatic rings. The van der Waals surface area contributed by atoms with E-state index in [0.29, 0.717) is 0 Å². The van der Waals surface area contributed by atoms with Crippen molar-refractivity contribution in [3.63, 3.8) is 0 Å². The molecule has 0 aliphatic heterocycles. The molecule has 262 valence electrons. The lowest BCUT2D eigenvalue weighted by molar-refractivity contribution is -0.142. The van der Waals surface area contributed by atoms with Crippen LogP contribution >= 0.6 is 25.3 Å². The molecule has 0 radical (unpaired) electrons. The van der Waals surface area contributed by atoms with E-state index in [9.17, 15) is 48.6 Å². The van der Waals surface area contributed by atoms with Crippen LogP contribution in [0.4, 0.5) is 0 Å². The van der Waals surface area contributed by atoms with Gasteiger partial charge in [-0.3, -0.25) is 33.6 Å². The molecule has 19 nitrogen and oxygen atoms in total. The Morgan fingerprint density at radius 1 is 0.717 bits per heavy atom. The number of carbonyl (C=O) groups excluding carboxylic acids is 7. The molecular weight excluding hydrogens is 652 g/mol. The Morgan fingerprint density at radius 3 is 1.70 bits per heavy atom. The second-order valence-corrected chi connectivity index (χ2v) is 11.3. The van der Waals surface area contributed by atoms with Crippen LogP contribution in [0.5, 0.6) is 0 Å². The number of aliphatic carboxylic acids is 1. The van der Waals surface area contributed by atoms with Crippen LogP contribution in [0.3, 0.4) is 0 Å². The predicted octanol–water partition coefficient (Wildman–Crippen LogP) is -5.91. The summed E-state index contributed by atoms with van der Waals surface area (Å²) >= 11 is 7.70. The third kappa shape index (κ3) is 15.6. The van der Waals surface area contributed by atoms with Crippen molar-refractivity contribution >= 4 is 72.6 Å². The first kappa shape index (κ1) is 42.3. The van der Waals surface area contributed by atoms with E-state index in [-0.39, 0.29) is 23.8 Å². The maximum atomic E-state index is 13.2. The first-order valence-corrected chi connectivity index (χ1v) is 15.2. The fraction of sp³-hybridized carbons (Fsp3) is 0.680. The van der Waals surface area contributed by atoms with Gasteiger partial charge >= 0.3 is 5.97 Å². The summed E-state index contributed by atoms with van der Waals surface area (Å²) in [4.78, 5) is 98.6. The van der Waals surface area contributed by atoms with Gasteiger partial charge in [0, 0.05) is 11.5 Å². The van der Waals surface area contributed by atoms with E-state index in [1.807, 2.05) is 0 Å². The predicted molar refractivity (Wildman–Crippen MR) is 168 cm³/mol. The minimum absolute atomic E-state index is 0.00163. The SMILES string of the molecule is CC(C)CC(NC(=O)C(CC(N)=O)NC(=O)CNC(=O)C(N)CS)C(=O)NC(CO)C(=O)NC(C(=O)NC(CS)C(=O)O)C(C)O. The van der Waals surface area contributed by atoms with Crippen molar-refractivity contribution < 1.29 is 53.7 Å². The highest BCUT2D eigenvalue weighted by atomic mass is 32.1. The van der Waals surface area contributed by atoms with Crippen LogP contribution in [-0.4, -0.2) is 130 Å². The second-order valence-electron chi connectivity index (χ2n) is 10.5. The summed E-state index contributed by atoms with van der Waals surface area (Å²) < 4.78 is 0. The zero-order valence-corrected chi connectivity index (χ0v) is 27.3. The minimum atomic E-state index is -1.71. The maximum absolute atomic E-state index is 13.2. The molecule has 0 aliphatic carbocycles. The average Bonchev–Trinajstić information content (AvgIpc) is 2.97. The average molecular weight is 697 g/mol. The molecule has 0 aromatic rings. The van der Waals surface area contributed by atoms with E-state index in [0.717, 1.165) is 6.92 Å². The van der Waals surface area contributed by atoms with E-state index in [1.54, 1.807) is 13.8 Å². The van der Waals surface area contributed by atoms with Crippen LogP contribution in [0.2, 0.25) is 0 Å². The number of nitrogens with one attached hydrogen (secondary N) is 6. The molecule has 7 unspecified atom stereocenters. The van der Waals surface area contributed by atoms with Gasteiger partial charge in [-0.1, -0.05) is 13.8 Å². The third-order valence-corrected chi connectivity index (χ3v) is 6.79. The number of aliphatic hydroxyl groups excluding tert-OH is 2. The molecule has 0 aromatic carbocycles. The van der Waals surface area contributed by atoms with E-state index >= 15 is 0 Å². The van der Waals surface area contributed by atoms with Crippen molar-refractivity contribution in [3.8, 4) is 0 Å². The molecule has 46 heavy (non-hydrogen) atoms. The molecule has 7 atom stereocenters. The Morgan fingerprint density at radius 2 is 1.24 bits per heavy atom. The fourth-order valence-corrected chi connectivity index (χ4v) is 4.00. The lowest BCUT2D eigenvalue weighted by Gasteiger charge is -2.27. The number of primary amides is 1. The first-order valence-electron chi connectivity index (χ1n) is 13.9. The van der Waals surface area contributed by atoms with Crippen molar-refractivity contribution in [2.75, 3.05) is 24.7 Å². The molecule has 0 heterocycles. The highest BCUT2D eigenvalue weighted by Crippen LogP contribution is 2.07. The van der Waals surface area contributed by atoms with Gasteiger partial charge in [0.25, 0.3) is 0 Å². The third-order valence-electron chi connectivity index (χ3n) is 6.03. The Bertz CT molecular complexity index is 1110. The van der Waals surface area contributed by atoms with Crippen molar-refractivity contribution in [2.45, 2.75) is 76.0 Å². The zero-order chi connectivity index (χ0) is 35.7. The van der Waals surface area contributed by atoms with Crippen LogP contribution in [-0.2, 0) is 38.4 Å². The lowest BCUT2D eigenvalue weighted by atomic mass is 10.0. The summed E-state index contributed by atoms with van der Waals surface area (Å²) in [6.45, 7) is 2.93. The standard InChI is InChI=1S/C25H44N8O11S2/c1-10(2)4-13(30-22(40)14(5-17(27)36)29-18(37)6-28-20(38)12(26)8-45)21(39)31-15(7-34)23(41)33-19(11(3)35)24(42)32-16(9-46)25(43)44/h10-16,19,34-35,45-46H,4-9,26H2,1-3H3,(H2,27,36)(H,28,38)(H,29,37)(H,30,40)(H,31,39)(H,32,42)(H,33,41)(H,43,44). The van der Waals surface area contributed by atoms with Crippen LogP contribution in [0.25, 0.3) is 0 Å². The van der Waals surface area contributed by atoms with Crippen LogP contribution in [0, 0.1) is 5.92 Å². The number of amides is 7. The van der Waals surface area contributed by atoms with E-state index < -0.39 is 109 Å². The Kier molecular flexibility index (Phi) is 19.5. The van der Waals surface area contributed by atoms with Gasteiger partial charge in [0.2, 0.25) is 41.4 Å². The molecular formula is C25H44N8O11S2. The number of carboxylic acid groups (broad SMARTS) is 1. The van der Waals surface area contributed by atoms with Crippen LogP contribution in [0.1, 0.15) is 33.6 Å². The summed E-state index contributed by atoms with van der Waals surface area (Å²) in [7, 11) is 0. The summed E-state index contributed by atoms with van der Waals surface area (Å²) in [5, 5.41) is 42.2. The molecule has 0 rings (SSSR count). The second kappa shape index (κ2) is 21.2. The van der Waals surface area contributed by atoms with Gasteiger partial charge in [-0.05, 0) is 19.3 Å². The molecule has 0 fully saturated rings. The summed E-state index contributed by atoms with van der Waals surface area (Å²) in [5.74, 6) is -8.72. The number of nitrogens with two attached hydrogens (primary N) is 2. The van der Waals surface area contributed by atoms with Crippen molar-refractivity contribution in [1.82, 2.24) is 31.9 Å². The number of rotatable bonds is 21. The topological polar surface area (TPSA) is 321 Å². The number of carboxylic acids is 1. The largest absolute Gasteiger partial charge is 0.480 e. The lowest BCUT2D eigenvalue weighted by Crippen LogP contribution is -2.61. The van der Waals surface area contributed by atoms with Crippen molar-refractivity contribution in [2.24, 2.45) is 17.4 Å². The van der Waals surface area contributed by atoms with Gasteiger partial charge in [-0.2, -0.15) is 25.3 Å². The molecule has 0 aromatic heterocycles. The molecule has 0 saturated heterocycles. The highest BCUT2D eigenvalue weighted by molar-refractivity contribution is 7.80. The maximum Gasteiger partial charge on any atom is 0.327 e. The molecule has 0 bridgehead atoms. The number of aliphatic hydroxyl groups is 2. The number of hydrogen-bond donors (Lipinski definition) is 13. The van der Waals surface area contributed by atoms with Crippen LogP contribution in [0.15, 0.2) is 0 Å². The first-order chi connectivity index (χ1) is 21.4. The van der Waals surface area contributed by atoms with E-state index in [2.05, 4.69) is 57.2 Å². The van der Waals surface area contributed by atoms with Gasteiger partial charge in [-0.25, -0.2) is 4.79 Å². The van der Waals surface area contributed by atoms with Gasteiger partial charge < -0.3 is 58.7 Å². The van der Waals surface area contributed by atoms with Gasteiger partial charge in [0.1, 0.15) is 30.2 Å². The fourth-order valence-electron chi connectivity index (χ4n) is 3.58. The molecule has 0 saturated carbocycles. The Hall–Kier alpha value is -3.66.